The number of nitrogens with zero attached hydrogens (tertiary/aromatic N) is 2. The fourth-order valence-corrected chi connectivity index (χ4v) is 7.51. The minimum absolute atomic E-state index is 0.737. The van der Waals surface area contributed by atoms with Crippen molar-refractivity contribution in [3.63, 3.8) is 0 Å². The average Bonchev–Trinajstić information content (AvgIpc) is 3.44. The van der Waals surface area contributed by atoms with E-state index in [4.69, 9.17) is 9.97 Å². The first-order valence-corrected chi connectivity index (χ1v) is 15.3. The van der Waals surface area contributed by atoms with Crippen LogP contribution in [0.15, 0.2) is 146 Å². The highest BCUT2D eigenvalue weighted by Gasteiger charge is 2.18. The summed E-state index contributed by atoms with van der Waals surface area (Å²) in [7, 11) is 0. The summed E-state index contributed by atoms with van der Waals surface area (Å²) in [6.07, 6.45) is 0. The van der Waals surface area contributed by atoms with Gasteiger partial charge in [0.2, 0.25) is 0 Å². The van der Waals surface area contributed by atoms with Crippen LogP contribution in [0, 0.1) is 0 Å². The Kier molecular flexibility index (Phi) is 5.40. The molecule has 2 heterocycles. The zero-order chi connectivity index (χ0) is 28.3. The lowest BCUT2D eigenvalue weighted by Gasteiger charge is -2.13. The van der Waals surface area contributed by atoms with E-state index in [0.29, 0.717) is 0 Å². The third-order valence-electron chi connectivity index (χ3n) is 8.44. The highest BCUT2D eigenvalue weighted by molar-refractivity contribution is 7.26. The van der Waals surface area contributed by atoms with Crippen molar-refractivity contribution in [1.29, 1.82) is 0 Å². The minimum Gasteiger partial charge on any atom is -0.227 e. The Morgan fingerprint density at radius 3 is 2.00 bits per heavy atom. The largest absolute Gasteiger partial charge is 0.227 e. The molecule has 0 aliphatic carbocycles. The highest BCUT2D eigenvalue weighted by atomic mass is 32.1. The van der Waals surface area contributed by atoms with Crippen LogP contribution in [-0.4, -0.2) is 9.97 Å². The van der Waals surface area contributed by atoms with Gasteiger partial charge in [0.25, 0.3) is 0 Å². The predicted molar refractivity (Wildman–Crippen MR) is 184 cm³/mol. The van der Waals surface area contributed by atoms with Gasteiger partial charge in [0.15, 0.2) is 5.82 Å². The summed E-state index contributed by atoms with van der Waals surface area (Å²) in [5.74, 6) is 0.737. The Morgan fingerprint density at radius 2 is 1.12 bits per heavy atom. The molecule has 43 heavy (non-hydrogen) atoms. The van der Waals surface area contributed by atoms with Gasteiger partial charge in [-0.05, 0) is 63.0 Å². The maximum absolute atomic E-state index is 5.37. The molecular formula is C40H24N2S. The molecule has 0 atom stereocenters. The quantitative estimate of drug-likeness (QED) is 0.213. The molecule has 0 saturated carbocycles. The van der Waals surface area contributed by atoms with E-state index in [0.717, 1.165) is 39.1 Å². The van der Waals surface area contributed by atoms with E-state index in [1.807, 2.05) is 11.3 Å². The molecule has 0 saturated heterocycles. The van der Waals surface area contributed by atoms with Gasteiger partial charge in [0.1, 0.15) is 0 Å². The molecule has 9 aromatic rings. The van der Waals surface area contributed by atoms with Crippen molar-refractivity contribution in [1.82, 2.24) is 9.97 Å². The molecule has 0 bridgehead atoms. The molecule has 0 radical (unpaired) electrons. The summed E-state index contributed by atoms with van der Waals surface area (Å²) in [6.45, 7) is 0. The third-order valence-corrected chi connectivity index (χ3v) is 9.56. The van der Waals surface area contributed by atoms with E-state index in [1.54, 1.807) is 0 Å². The predicted octanol–water partition coefficient (Wildman–Crippen LogP) is 11.3. The standard InChI is InChI=1S/C40H24N2S/c1-2-10-25(11-3-1)27-16-8-17-30(22-27)40-41-38(32-19-9-15-26-12-6-7-18-31(26)32)33-20-21-35-37(39(33)42-40)34-23-28-13-4-5-14-29(28)24-36(34)43-35/h1-24H. The summed E-state index contributed by atoms with van der Waals surface area (Å²) >= 11 is 1.84. The van der Waals surface area contributed by atoms with Crippen LogP contribution in [0.25, 0.3) is 86.4 Å². The normalized spacial score (nSPS) is 11.7. The number of hydrogen-bond acceptors (Lipinski definition) is 3. The Hall–Kier alpha value is -5.38. The van der Waals surface area contributed by atoms with Crippen LogP contribution in [0.3, 0.4) is 0 Å². The van der Waals surface area contributed by atoms with Crippen LogP contribution in [0.5, 0.6) is 0 Å². The van der Waals surface area contributed by atoms with E-state index in [1.165, 1.54) is 47.3 Å². The number of benzene rings is 7. The second-order valence-electron chi connectivity index (χ2n) is 11.0. The molecule has 2 aromatic heterocycles. The summed E-state index contributed by atoms with van der Waals surface area (Å²) in [5.41, 5.74) is 6.42. The zero-order valence-corrected chi connectivity index (χ0v) is 24.0. The lowest BCUT2D eigenvalue weighted by molar-refractivity contribution is 1.24. The van der Waals surface area contributed by atoms with Crippen LogP contribution < -0.4 is 0 Å². The van der Waals surface area contributed by atoms with Gasteiger partial charge in [-0.2, -0.15) is 0 Å². The summed E-state index contributed by atoms with van der Waals surface area (Å²) in [5, 5.41) is 8.41. The van der Waals surface area contributed by atoms with Crippen LogP contribution >= 0.6 is 11.3 Å². The smallest absolute Gasteiger partial charge is 0.160 e. The molecule has 0 aliphatic rings. The van der Waals surface area contributed by atoms with Gasteiger partial charge in [-0.15, -0.1) is 11.3 Å². The van der Waals surface area contributed by atoms with Crippen molar-refractivity contribution in [2.75, 3.05) is 0 Å². The minimum atomic E-state index is 0.737. The molecule has 3 heteroatoms. The van der Waals surface area contributed by atoms with E-state index in [-0.39, 0.29) is 0 Å². The number of rotatable bonds is 3. The summed E-state index contributed by atoms with van der Waals surface area (Å²) in [4.78, 5) is 10.7. The zero-order valence-electron chi connectivity index (χ0n) is 23.2. The van der Waals surface area contributed by atoms with Gasteiger partial charge in [-0.1, -0.05) is 115 Å². The Bertz CT molecular complexity index is 2500. The Balaban J connectivity index is 1.40. The number of hydrogen-bond donors (Lipinski definition) is 0. The molecule has 0 fully saturated rings. The third kappa shape index (κ3) is 3.93. The number of fused-ring (bicyclic) bond motifs is 7. The van der Waals surface area contributed by atoms with Crippen LogP contribution in [-0.2, 0) is 0 Å². The number of aromatic nitrogens is 2. The van der Waals surface area contributed by atoms with Crippen molar-refractivity contribution in [3.8, 4) is 33.8 Å². The molecule has 7 aromatic carbocycles. The van der Waals surface area contributed by atoms with Gasteiger partial charge in [-0.3, -0.25) is 0 Å². The molecule has 0 unspecified atom stereocenters. The fourth-order valence-electron chi connectivity index (χ4n) is 6.37. The molecule has 0 amide bonds. The summed E-state index contributed by atoms with van der Waals surface area (Å²) in [6, 6.07) is 51.9. The average molecular weight is 565 g/mol. The lowest BCUT2D eigenvalue weighted by atomic mass is 9.97. The van der Waals surface area contributed by atoms with Crippen molar-refractivity contribution in [2.45, 2.75) is 0 Å². The van der Waals surface area contributed by atoms with E-state index >= 15 is 0 Å². The maximum Gasteiger partial charge on any atom is 0.160 e. The molecule has 0 N–H and O–H groups in total. The molecular weight excluding hydrogens is 541 g/mol. The van der Waals surface area contributed by atoms with Gasteiger partial charge in [-0.25, -0.2) is 9.97 Å². The Labute approximate surface area is 252 Å². The van der Waals surface area contributed by atoms with Crippen molar-refractivity contribution >= 4 is 64.0 Å². The van der Waals surface area contributed by atoms with Gasteiger partial charge < -0.3 is 0 Å². The maximum atomic E-state index is 5.37. The van der Waals surface area contributed by atoms with Crippen LogP contribution in [0.1, 0.15) is 0 Å². The molecule has 2 nitrogen and oxygen atoms in total. The lowest BCUT2D eigenvalue weighted by Crippen LogP contribution is -1.96. The first-order valence-electron chi connectivity index (χ1n) is 14.5. The van der Waals surface area contributed by atoms with Crippen LogP contribution in [0.2, 0.25) is 0 Å². The van der Waals surface area contributed by atoms with Crippen molar-refractivity contribution < 1.29 is 0 Å². The number of thiophene rings is 1. The van der Waals surface area contributed by atoms with Gasteiger partial charge in [0, 0.05) is 36.7 Å². The first kappa shape index (κ1) is 24.2. The monoisotopic (exact) mass is 564 g/mol. The molecule has 200 valence electrons. The highest BCUT2D eigenvalue weighted by Crippen LogP contribution is 2.43. The van der Waals surface area contributed by atoms with Gasteiger partial charge >= 0.3 is 0 Å². The topological polar surface area (TPSA) is 25.8 Å². The fraction of sp³-hybridized carbons (Fsp3) is 0. The SMILES string of the molecule is c1ccc(-c2cccc(-c3nc(-c4cccc5ccccc45)c4ccc5sc6cc7ccccc7cc6c5c4n3)c2)cc1. The van der Waals surface area contributed by atoms with Gasteiger partial charge in [0.05, 0.1) is 11.2 Å². The second-order valence-corrected chi connectivity index (χ2v) is 12.1. The van der Waals surface area contributed by atoms with Crippen molar-refractivity contribution in [2.24, 2.45) is 0 Å². The van der Waals surface area contributed by atoms with E-state index < -0.39 is 0 Å². The Morgan fingerprint density at radius 1 is 0.419 bits per heavy atom. The van der Waals surface area contributed by atoms with Crippen molar-refractivity contribution in [3.05, 3.63) is 146 Å². The molecule has 0 spiro atoms. The first-order chi connectivity index (χ1) is 21.3. The van der Waals surface area contributed by atoms with E-state index in [2.05, 4.69) is 146 Å². The summed E-state index contributed by atoms with van der Waals surface area (Å²) < 4.78 is 2.52. The molecule has 0 aliphatic heterocycles. The molecule has 9 rings (SSSR count). The van der Waals surface area contributed by atoms with Crippen LogP contribution in [0.4, 0.5) is 0 Å². The second kappa shape index (κ2) is 9.59. The van der Waals surface area contributed by atoms with E-state index in [9.17, 15) is 0 Å².